The molecule has 1 saturated carbocycles. The van der Waals surface area contributed by atoms with E-state index in [1.54, 1.807) is 0 Å². The van der Waals surface area contributed by atoms with Gasteiger partial charge in [-0.3, -0.25) is 0 Å². The molecule has 1 aliphatic carbocycles. The highest BCUT2D eigenvalue weighted by Gasteiger charge is 2.44. The van der Waals surface area contributed by atoms with Gasteiger partial charge < -0.3 is 0 Å². The standard InChI is InChI=1S/C15H20Si/c1-16(2,3)13-15(11-12-15)10-9-14-7-5-4-6-8-14/h4-8H,11-13H2,1-3H3. The summed E-state index contributed by atoms with van der Waals surface area (Å²) in [6.45, 7) is 7.33. The molecule has 84 valence electrons. The van der Waals surface area contributed by atoms with Gasteiger partial charge in [0, 0.05) is 19.1 Å². The molecule has 0 saturated heterocycles. The molecular weight excluding hydrogens is 208 g/mol. The van der Waals surface area contributed by atoms with Crippen LogP contribution in [-0.2, 0) is 0 Å². The predicted octanol–water partition coefficient (Wildman–Crippen LogP) is 4.16. The molecule has 0 N–H and O–H groups in total. The maximum absolute atomic E-state index is 3.53. The van der Waals surface area contributed by atoms with Crippen LogP contribution in [0.25, 0.3) is 0 Å². The molecule has 0 unspecified atom stereocenters. The minimum atomic E-state index is -0.971. The molecule has 16 heavy (non-hydrogen) atoms. The van der Waals surface area contributed by atoms with Crippen LogP contribution >= 0.6 is 0 Å². The van der Waals surface area contributed by atoms with Gasteiger partial charge in [-0.2, -0.15) is 0 Å². The van der Waals surface area contributed by atoms with E-state index in [0.29, 0.717) is 5.41 Å². The van der Waals surface area contributed by atoms with Crippen molar-refractivity contribution in [2.24, 2.45) is 5.41 Å². The van der Waals surface area contributed by atoms with Gasteiger partial charge in [0.2, 0.25) is 0 Å². The zero-order valence-electron chi connectivity index (χ0n) is 10.5. The minimum absolute atomic E-state index is 0.389. The van der Waals surface area contributed by atoms with Crippen LogP contribution in [0, 0.1) is 17.3 Å². The van der Waals surface area contributed by atoms with E-state index in [-0.39, 0.29) is 0 Å². The molecular formula is C15H20Si. The lowest BCUT2D eigenvalue weighted by Gasteiger charge is -2.19. The lowest BCUT2D eigenvalue weighted by molar-refractivity contribution is 0.762. The van der Waals surface area contributed by atoms with E-state index in [1.807, 2.05) is 6.07 Å². The first-order chi connectivity index (χ1) is 7.49. The van der Waals surface area contributed by atoms with E-state index < -0.39 is 8.07 Å². The zero-order chi connectivity index (χ0) is 11.6. The highest BCUT2D eigenvalue weighted by Crippen LogP contribution is 2.51. The second kappa shape index (κ2) is 4.11. The van der Waals surface area contributed by atoms with Gasteiger partial charge in [-0.25, -0.2) is 0 Å². The van der Waals surface area contributed by atoms with Crippen molar-refractivity contribution < 1.29 is 0 Å². The Bertz CT molecular complexity index is 410. The van der Waals surface area contributed by atoms with Crippen molar-refractivity contribution >= 4 is 8.07 Å². The molecule has 1 aromatic carbocycles. The van der Waals surface area contributed by atoms with E-state index >= 15 is 0 Å². The summed E-state index contributed by atoms with van der Waals surface area (Å²) in [5.41, 5.74) is 1.55. The van der Waals surface area contributed by atoms with E-state index in [9.17, 15) is 0 Å². The van der Waals surface area contributed by atoms with Crippen LogP contribution in [-0.4, -0.2) is 8.07 Å². The first kappa shape index (κ1) is 11.5. The first-order valence-corrected chi connectivity index (χ1v) is 9.78. The molecule has 0 atom stereocenters. The van der Waals surface area contributed by atoms with Crippen LogP contribution in [0.2, 0.25) is 25.7 Å². The van der Waals surface area contributed by atoms with Crippen LogP contribution in [0.3, 0.4) is 0 Å². The summed E-state index contributed by atoms with van der Waals surface area (Å²) in [6.07, 6.45) is 2.63. The summed E-state index contributed by atoms with van der Waals surface area (Å²) in [4.78, 5) is 0. The Hall–Kier alpha value is -1.00. The lowest BCUT2D eigenvalue weighted by Crippen LogP contribution is -2.23. The Morgan fingerprint density at radius 2 is 1.75 bits per heavy atom. The molecule has 1 aromatic rings. The average Bonchev–Trinajstić information content (AvgIpc) is 2.95. The highest BCUT2D eigenvalue weighted by atomic mass is 28.3. The molecule has 0 spiro atoms. The van der Waals surface area contributed by atoms with Gasteiger partial charge >= 0.3 is 0 Å². The Morgan fingerprint density at radius 3 is 2.25 bits per heavy atom. The molecule has 0 heterocycles. The van der Waals surface area contributed by atoms with Crippen molar-refractivity contribution in [1.29, 1.82) is 0 Å². The van der Waals surface area contributed by atoms with Gasteiger partial charge in [-0.15, -0.1) is 0 Å². The van der Waals surface area contributed by atoms with Gasteiger partial charge in [0.15, 0.2) is 0 Å². The normalized spacial score (nSPS) is 17.4. The van der Waals surface area contributed by atoms with Crippen molar-refractivity contribution in [2.45, 2.75) is 38.5 Å². The van der Waals surface area contributed by atoms with Crippen LogP contribution in [0.15, 0.2) is 30.3 Å². The number of rotatable bonds is 2. The van der Waals surface area contributed by atoms with Crippen LogP contribution in [0.1, 0.15) is 18.4 Å². The molecule has 1 fully saturated rings. The topological polar surface area (TPSA) is 0 Å². The fourth-order valence-corrected chi connectivity index (χ4v) is 4.71. The SMILES string of the molecule is C[Si](C)(C)CC1(C#Cc2ccccc2)CC1. The van der Waals surface area contributed by atoms with Crippen molar-refractivity contribution in [3.63, 3.8) is 0 Å². The van der Waals surface area contributed by atoms with Gasteiger partial charge in [-0.05, 0) is 31.0 Å². The number of hydrogen-bond donors (Lipinski definition) is 0. The second-order valence-corrected chi connectivity index (χ2v) is 11.6. The molecule has 0 aliphatic heterocycles. The Balaban J connectivity index is 2.08. The van der Waals surface area contributed by atoms with E-state index in [4.69, 9.17) is 0 Å². The predicted molar refractivity (Wildman–Crippen MR) is 73.1 cm³/mol. The van der Waals surface area contributed by atoms with Crippen LogP contribution in [0.5, 0.6) is 0 Å². The van der Waals surface area contributed by atoms with Crippen molar-refractivity contribution in [3.8, 4) is 11.8 Å². The molecule has 1 heteroatoms. The van der Waals surface area contributed by atoms with Gasteiger partial charge in [-0.1, -0.05) is 49.7 Å². The zero-order valence-corrected chi connectivity index (χ0v) is 11.5. The Labute approximate surface area is 100 Å². The Morgan fingerprint density at radius 1 is 1.12 bits per heavy atom. The smallest absolute Gasteiger partial charge is 0.0457 e. The fourth-order valence-electron chi connectivity index (χ4n) is 2.24. The van der Waals surface area contributed by atoms with Crippen molar-refractivity contribution in [2.75, 3.05) is 0 Å². The minimum Gasteiger partial charge on any atom is -0.0914 e. The number of hydrogen-bond acceptors (Lipinski definition) is 0. The molecule has 0 nitrogen and oxygen atoms in total. The molecule has 0 amide bonds. The summed E-state index contributed by atoms with van der Waals surface area (Å²) >= 11 is 0. The second-order valence-electron chi connectivity index (χ2n) is 6.13. The monoisotopic (exact) mass is 228 g/mol. The molecule has 2 rings (SSSR count). The molecule has 0 bridgehead atoms. The average molecular weight is 228 g/mol. The van der Waals surface area contributed by atoms with Crippen LogP contribution < -0.4 is 0 Å². The third kappa shape index (κ3) is 3.25. The Kier molecular flexibility index (Phi) is 2.95. The maximum atomic E-state index is 3.53. The van der Waals surface area contributed by atoms with E-state index in [1.165, 1.54) is 18.9 Å². The molecule has 0 radical (unpaired) electrons. The fraction of sp³-hybridized carbons (Fsp3) is 0.467. The van der Waals surface area contributed by atoms with Crippen molar-refractivity contribution in [3.05, 3.63) is 35.9 Å². The summed E-state index contributed by atoms with van der Waals surface area (Å²) in [5, 5.41) is 0. The van der Waals surface area contributed by atoms with Gasteiger partial charge in [0.25, 0.3) is 0 Å². The summed E-state index contributed by atoms with van der Waals surface area (Å²) < 4.78 is 0. The first-order valence-electron chi connectivity index (χ1n) is 6.07. The summed E-state index contributed by atoms with van der Waals surface area (Å²) in [5.74, 6) is 6.87. The molecule has 1 aliphatic rings. The van der Waals surface area contributed by atoms with E-state index in [0.717, 1.165) is 5.56 Å². The summed E-state index contributed by atoms with van der Waals surface area (Å²) in [7, 11) is -0.971. The van der Waals surface area contributed by atoms with E-state index in [2.05, 4.69) is 55.7 Å². The largest absolute Gasteiger partial charge is 0.0914 e. The van der Waals surface area contributed by atoms with Gasteiger partial charge in [0.1, 0.15) is 0 Å². The van der Waals surface area contributed by atoms with Crippen molar-refractivity contribution in [1.82, 2.24) is 0 Å². The summed E-state index contributed by atoms with van der Waals surface area (Å²) in [6, 6.07) is 11.7. The number of benzene rings is 1. The maximum Gasteiger partial charge on any atom is 0.0457 e. The lowest BCUT2D eigenvalue weighted by atomic mass is 10.1. The van der Waals surface area contributed by atoms with Crippen LogP contribution in [0.4, 0.5) is 0 Å². The highest BCUT2D eigenvalue weighted by molar-refractivity contribution is 6.76. The van der Waals surface area contributed by atoms with Gasteiger partial charge in [0.05, 0.1) is 0 Å². The quantitative estimate of drug-likeness (QED) is 0.527. The third-order valence-electron chi connectivity index (χ3n) is 2.97. The molecule has 0 aromatic heterocycles. The third-order valence-corrected chi connectivity index (χ3v) is 4.71.